The molecule has 2 rings (SSSR count). The van der Waals surface area contributed by atoms with Gasteiger partial charge in [-0.25, -0.2) is 0 Å². The molecule has 0 aliphatic carbocycles. The van der Waals surface area contributed by atoms with Gasteiger partial charge >= 0.3 is 0 Å². The molecule has 0 aromatic carbocycles. The van der Waals surface area contributed by atoms with Crippen molar-refractivity contribution in [3.63, 3.8) is 0 Å². The first-order valence-corrected chi connectivity index (χ1v) is 6.20. The second-order valence-electron chi connectivity index (χ2n) is 4.28. The van der Waals surface area contributed by atoms with Crippen molar-refractivity contribution in [3.8, 4) is 5.88 Å². The number of H-pyrrole nitrogens is 1. The van der Waals surface area contributed by atoms with E-state index in [1.54, 1.807) is 7.11 Å². The molecule has 2 heterocycles. The van der Waals surface area contributed by atoms with E-state index in [1.165, 1.54) is 0 Å². The maximum atomic E-state index is 5.33. The van der Waals surface area contributed by atoms with Crippen molar-refractivity contribution in [3.05, 3.63) is 16.9 Å². The van der Waals surface area contributed by atoms with Crippen LogP contribution in [0.25, 0.3) is 11.2 Å². The Kier molecular flexibility index (Phi) is 3.47. The summed E-state index contributed by atoms with van der Waals surface area (Å²) in [5.74, 6) is 1.19. The van der Waals surface area contributed by atoms with Crippen molar-refractivity contribution in [1.82, 2.24) is 14.5 Å². The summed E-state index contributed by atoms with van der Waals surface area (Å²) in [5.41, 5.74) is 1.83. The monoisotopic (exact) mass is 251 g/mol. The van der Waals surface area contributed by atoms with Crippen LogP contribution in [0.2, 0.25) is 0 Å². The highest BCUT2D eigenvalue weighted by atomic mass is 32.1. The summed E-state index contributed by atoms with van der Waals surface area (Å²) in [5, 5.41) is 0. The Labute approximate surface area is 106 Å². The number of pyridine rings is 1. The van der Waals surface area contributed by atoms with E-state index >= 15 is 0 Å². The Morgan fingerprint density at radius 3 is 2.94 bits per heavy atom. The zero-order chi connectivity index (χ0) is 12.4. The van der Waals surface area contributed by atoms with Gasteiger partial charge in [0.2, 0.25) is 5.88 Å². The number of rotatable bonds is 4. The van der Waals surface area contributed by atoms with Crippen LogP contribution in [0.5, 0.6) is 5.88 Å². The zero-order valence-electron chi connectivity index (χ0n) is 10.4. The number of nitrogens with one attached hydrogen (secondary N) is 1. The molecule has 0 saturated heterocycles. The Bertz CT molecular complexity index is 573. The quantitative estimate of drug-likeness (QED) is 0.849. The lowest BCUT2D eigenvalue weighted by molar-refractivity contribution is 0.398. The van der Waals surface area contributed by atoms with Gasteiger partial charge in [-0.1, -0.05) is 20.3 Å². The number of aromatic nitrogens is 3. The van der Waals surface area contributed by atoms with E-state index in [0.29, 0.717) is 11.8 Å². The van der Waals surface area contributed by atoms with E-state index in [4.69, 9.17) is 17.0 Å². The van der Waals surface area contributed by atoms with Gasteiger partial charge in [0.05, 0.1) is 12.6 Å². The molecule has 0 amide bonds. The molecule has 2 aromatic heterocycles. The molecule has 1 N–H and O–H groups in total. The average molecular weight is 251 g/mol. The predicted octanol–water partition coefficient (Wildman–Crippen LogP) is 3.15. The third-order valence-electron chi connectivity index (χ3n) is 2.99. The second kappa shape index (κ2) is 4.87. The van der Waals surface area contributed by atoms with E-state index < -0.39 is 0 Å². The number of imidazole rings is 1. The van der Waals surface area contributed by atoms with E-state index in [-0.39, 0.29) is 0 Å². The molecule has 5 heteroatoms. The number of hydrogen-bond donors (Lipinski definition) is 1. The van der Waals surface area contributed by atoms with Crippen LogP contribution in [0.15, 0.2) is 12.1 Å². The van der Waals surface area contributed by atoms with Crippen LogP contribution >= 0.6 is 12.2 Å². The third kappa shape index (κ3) is 2.34. The van der Waals surface area contributed by atoms with Crippen molar-refractivity contribution in [2.75, 3.05) is 7.11 Å². The zero-order valence-corrected chi connectivity index (χ0v) is 11.2. The molecule has 4 nitrogen and oxygen atoms in total. The van der Waals surface area contributed by atoms with Gasteiger partial charge in [0, 0.05) is 12.6 Å². The van der Waals surface area contributed by atoms with Crippen molar-refractivity contribution in [1.29, 1.82) is 0 Å². The normalized spacial score (nSPS) is 12.9. The van der Waals surface area contributed by atoms with Gasteiger partial charge in [-0.2, -0.15) is 4.98 Å². The van der Waals surface area contributed by atoms with E-state index in [2.05, 4.69) is 23.8 Å². The van der Waals surface area contributed by atoms with Gasteiger partial charge in [0.25, 0.3) is 0 Å². The van der Waals surface area contributed by atoms with Gasteiger partial charge in [-0.15, -0.1) is 0 Å². The Hall–Kier alpha value is -1.36. The number of aromatic amines is 1. The molecule has 0 radical (unpaired) electrons. The number of nitrogens with zero attached hydrogens (tertiary/aromatic N) is 2. The third-order valence-corrected chi connectivity index (χ3v) is 3.31. The highest BCUT2D eigenvalue weighted by Gasteiger charge is 2.09. The minimum Gasteiger partial charge on any atom is -0.481 e. The van der Waals surface area contributed by atoms with Crippen LogP contribution in [0.4, 0.5) is 0 Å². The highest BCUT2D eigenvalue weighted by Crippen LogP contribution is 2.18. The van der Waals surface area contributed by atoms with Crippen molar-refractivity contribution >= 4 is 23.4 Å². The van der Waals surface area contributed by atoms with Gasteiger partial charge in [-0.05, 0) is 24.2 Å². The highest BCUT2D eigenvalue weighted by molar-refractivity contribution is 7.71. The van der Waals surface area contributed by atoms with Crippen molar-refractivity contribution in [2.24, 2.45) is 5.92 Å². The van der Waals surface area contributed by atoms with E-state index in [0.717, 1.165) is 28.9 Å². The number of hydrogen-bond acceptors (Lipinski definition) is 3. The van der Waals surface area contributed by atoms with Crippen LogP contribution in [0.3, 0.4) is 0 Å². The first kappa shape index (κ1) is 12.1. The summed E-state index contributed by atoms with van der Waals surface area (Å²) in [4.78, 5) is 7.61. The first-order valence-electron chi connectivity index (χ1n) is 5.79. The van der Waals surface area contributed by atoms with Gasteiger partial charge < -0.3 is 14.3 Å². The van der Waals surface area contributed by atoms with Crippen LogP contribution in [-0.4, -0.2) is 21.6 Å². The first-order chi connectivity index (χ1) is 8.15. The van der Waals surface area contributed by atoms with Crippen molar-refractivity contribution in [2.45, 2.75) is 26.8 Å². The fraction of sp³-hybridized carbons (Fsp3) is 0.500. The fourth-order valence-corrected chi connectivity index (χ4v) is 2.01. The lowest BCUT2D eigenvalue weighted by atomic mass is 10.1. The lowest BCUT2D eigenvalue weighted by Crippen LogP contribution is -2.07. The maximum absolute atomic E-state index is 5.33. The van der Waals surface area contributed by atoms with Crippen molar-refractivity contribution < 1.29 is 4.74 Å². The molecule has 17 heavy (non-hydrogen) atoms. The largest absolute Gasteiger partial charge is 0.481 e. The van der Waals surface area contributed by atoms with Crippen LogP contribution in [0, 0.1) is 10.7 Å². The van der Waals surface area contributed by atoms with Gasteiger partial charge in [0.15, 0.2) is 10.4 Å². The molecule has 0 saturated carbocycles. The number of methoxy groups -OCH3 is 1. The Morgan fingerprint density at radius 2 is 2.29 bits per heavy atom. The molecule has 0 spiro atoms. The topological polar surface area (TPSA) is 42.8 Å². The maximum Gasteiger partial charge on any atom is 0.215 e. The minimum atomic E-state index is 0.578. The Balaban J connectivity index is 2.52. The van der Waals surface area contributed by atoms with E-state index in [1.807, 2.05) is 16.7 Å². The summed E-state index contributed by atoms with van der Waals surface area (Å²) < 4.78 is 7.91. The number of ether oxygens (including phenoxy) is 1. The molecule has 0 fully saturated rings. The average Bonchev–Trinajstić information content (AvgIpc) is 2.65. The van der Waals surface area contributed by atoms with Gasteiger partial charge in [0.1, 0.15) is 0 Å². The molecule has 0 aliphatic rings. The van der Waals surface area contributed by atoms with Crippen LogP contribution < -0.4 is 4.74 Å². The SMILES string of the molecule is CCC(C)Cn1c(=S)[nH]c2ccc(OC)nc21. The van der Waals surface area contributed by atoms with Gasteiger partial charge in [-0.3, -0.25) is 0 Å². The van der Waals surface area contributed by atoms with Crippen LogP contribution in [0.1, 0.15) is 20.3 Å². The Morgan fingerprint density at radius 1 is 1.53 bits per heavy atom. The molecular weight excluding hydrogens is 234 g/mol. The number of fused-ring (bicyclic) bond motifs is 1. The summed E-state index contributed by atoms with van der Waals surface area (Å²) in [6.07, 6.45) is 1.12. The van der Waals surface area contributed by atoms with E-state index in [9.17, 15) is 0 Å². The second-order valence-corrected chi connectivity index (χ2v) is 4.67. The summed E-state index contributed by atoms with van der Waals surface area (Å²) in [7, 11) is 1.62. The smallest absolute Gasteiger partial charge is 0.215 e. The standard InChI is InChI=1S/C12H17N3OS/c1-4-8(2)7-15-11-9(13-12(15)17)5-6-10(14-11)16-3/h5-6,8H,4,7H2,1-3H3,(H,13,17). The minimum absolute atomic E-state index is 0.578. The lowest BCUT2D eigenvalue weighted by Gasteiger charge is -2.10. The molecule has 92 valence electrons. The molecule has 1 atom stereocenters. The predicted molar refractivity (Wildman–Crippen MR) is 70.9 cm³/mol. The summed E-state index contributed by atoms with van der Waals surface area (Å²) >= 11 is 5.33. The van der Waals surface area contributed by atoms with Crippen LogP contribution in [-0.2, 0) is 6.54 Å². The molecule has 2 aromatic rings. The molecule has 0 aliphatic heterocycles. The molecule has 1 unspecified atom stereocenters. The summed E-state index contributed by atoms with van der Waals surface area (Å²) in [6.45, 7) is 5.27. The fourth-order valence-electron chi connectivity index (χ4n) is 1.74. The molecule has 0 bridgehead atoms. The molecular formula is C12H17N3OS. The summed E-state index contributed by atoms with van der Waals surface area (Å²) in [6, 6.07) is 3.78.